The van der Waals surface area contributed by atoms with Crippen LogP contribution in [0.5, 0.6) is 5.75 Å². The molecule has 0 spiro atoms. The number of carbonyl (C=O) groups is 1. The molecular formula is C28H40N10O9S. The number of methoxy groups -OCH3 is 1. The van der Waals surface area contributed by atoms with Crippen LogP contribution in [0.25, 0.3) is 21.6 Å². The molecule has 0 bridgehead atoms. The molecule has 2 saturated heterocycles. The van der Waals surface area contributed by atoms with Gasteiger partial charge in [0.2, 0.25) is 5.95 Å². The van der Waals surface area contributed by atoms with Crippen LogP contribution in [0.1, 0.15) is 51.2 Å². The van der Waals surface area contributed by atoms with E-state index in [-0.39, 0.29) is 41.0 Å². The monoisotopic (exact) mass is 692 g/mol. The number of nitrogens with one attached hydrogen (secondary N) is 1. The van der Waals surface area contributed by atoms with Gasteiger partial charge in [0, 0.05) is 12.0 Å². The molecule has 262 valence electrons. The summed E-state index contributed by atoms with van der Waals surface area (Å²) >= 11 is 0. The number of aromatic nitrogens is 4. The number of benzene rings is 1. The Labute approximate surface area is 277 Å². The van der Waals surface area contributed by atoms with Gasteiger partial charge in [-0.1, -0.05) is 32.9 Å². The average Bonchev–Trinajstić information content (AvgIpc) is 3.71. The molecule has 19 nitrogen and oxygen atoms in total. The maximum absolute atomic E-state index is 12.7. The van der Waals surface area contributed by atoms with Crippen molar-refractivity contribution in [1.29, 1.82) is 0 Å². The molecule has 0 unspecified atom stereocenters. The van der Waals surface area contributed by atoms with Gasteiger partial charge in [0.25, 0.3) is 5.91 Å². The molecule has 1 aromatic carbocycles. The molecule has 3 aromatic rings. The van der Waals surface area contributed by atoms with Crippen LogP contribution in [0.4, 0.5) is 11.8 Å². The summed E-state index contributed by atoms with van der Waals surface area (Å²) < 4.78 is 62.1. The molecule has 2 aromatic heterocycles. The maximum Gasteiger partial charge on any atom is 0.362 e. The lowest BCUT2D eigenvalue weighted by atomic mass is 10.1. The SMILES string of the molecule is CCN(CC)CC.COCOc1ccccc1C(=O)NS(=O)(=O)OC[C@H]1O[C@@H](n2cnc3c(N)nc(N=[N+]=[N-])nc32)[C@@H]2OC(C)(C)O[C@@H]21. The number of nitrogens with zero attached hydrogens (tertiary/aromatic N) is 8. The number of imidazole rings is 1. The van der Waals surface area contributed by atoms with Gasteiger partial charge in [0.15, 0.2) is 30.3 Å². The molecule has 0 aliphatic carbocycles. The first-order valence-electron chi connectivity index (χ1n) is 15.1. The minimum atomic E-state index is -4.60. The fourth-order valence-corrected chi connectivity index (χ4v) is 5.85. The largest absolute Gasteiger partial charge is 0.467 e. The van der Waals surface area contributed by atoms with Crippen LogP contribution in [-0.2, 0) is 33.4 Å². The van der Waals surface area contributed by atoms with Crippen LogP contribution in [0.2, 0.25) is 0 Å². The summed E-state index contributed by atoms with van der Waals surface area (Å²) in [5.41, 5.74) is 15.1. The number of hydrogen-bond acceptors (Lipinski definition) is 15. The molecule has 20 heteroatoms. The number of nitrogens with two attached hydrogens (primary N) is 1. The van der Waals surface area contributed by atoms with Gasteiger partial charge in [-0.2, -0.15) is 8.42 Å². The molecule has 2 fully saturated rings. The second-order valence-corrected chi connectivity index (χ2v) is 12.2. The number of rotatable bonds is 13. The summed E-state index contributed by atoms with van der Waals surface area (Å²) in [7, 11) is -3.20. The highest BCUT2D eigenvalue weighted by atomic mass is 32.2. The fourth-order valence-electron chi connectivity index (χ4n) is 5.14. The zero-order valence-electron chi connectivity index (χ0n) is 27.5. The van der Waals surface area contributed by atoms with Crippen molar-refractivity contribution in [3.63, 3.8) is 0 Å². The van der Waals surface area contributed by atoms with Crippen LogP contribution in [-0.4, -0.2) is 103 Å². The predicted octanol–water partition coefficient (Wildman–Crippen LogP) is 2.79. The van der Waals surface area contributed by atoms with Crippen LogP contribution < -0.4 is 15.2 Å². The van der Waals surface area contributed by atoms with E-state index < -0.39 is 53.1 Å². The molecule has 4 atom stereocenters. The Hall–Kier alpha value is -4.14. The number of nitrogen functional groups attached to an aromatic ring is 1. The Bertz CT molecular complexity index is 1720. The van der Waals surface area contributed by atoms with Crippen molar-refractivity contribution >= 4 is 39.1 Å². The van der Waals surface area contributed by atoms with Crippen molar-refractivity contribution in [2.75, 3.05) is 45.9 Å². The summed E-state index contributed by atoms with van der Waals surface area (Å²) in [6.07, 6.45) is -2.04. The topological polar surface area (TPSA) is 240 Å². The smallest absolute Gasteiger partial charge is 0.362 e. The molecule has 5 rings (SSSR count). The van der Waals surface area contributed by atoms with Crippen molar-refractivity contribution in [1.82, 2.24) is 29.1 Å². The van der Waals surface area contributed by atoms with Crippen molar-refractivity contribution in [3.05, 3.63) is 46.6 Å². The minimum absolute atomic E-state index is 0.0227. The Balaban J connectivity index is 0.000000671. The quantitative estimate of drug-likeness (QED) is 0.113. The van der Waals surface area contributed by atoms with Crippen LogP contribution in [0.3, 0.4) is 0 Å². The third-order valence-electron chi connectivity index (χ3n) is 7.38. The van der Waals surface area contributed by atoms with E-state index in [0.717, 1.165) is 0 Å². The standard InChI is InChI=1S/C22H25N9O9S.C6H15N/c1-22(2)39-15-13(8-37-41(33,34)29-19(32)11-6-4-5-7-12(11)36-10-35-3)38-20(16(15)40-22)31-9-25-14-17(23)26-21(28-30-24)27-18(14)31;1-4-7(5-2)6-3/h4-7,9,13,15-16,20H,8,10H2,1-3H3,(H,29,32)(H2,23,26,27);4-6H2,1-3H3/t13-,15-,16-,20-;/m1./s1. The summed E-state index contributed by atoms with van der Waals surface area (Å²) in [4.78, 5) is 30.1. The van der Waals surface area contributed by atoms with Crippen molar-refractivity contribution in [3.8, 4) is 5.75 Å². The highest BCUT2D eigenvalue weighted by Crippen LogP contribution is 2.44. The summed E-state index contributed by atoms with van der Waals surface area (Å²) in [5, 5.41) is 3.40. The van der Waals surface area contributed by atoms with E-state index in [1.165, 1.54) is 49.8 Å². The lowest BCUT2D eigenvalue weighted by Gasteiger charge is -2.24. The molecule has 4 heterocycles. The molecular weight excluding hydrogens is 652 g/mol. The molecule has 0 saturated carbocycles. The first-order chi connectivity index (χ1) is 22.9. The minimum Gasteiger partial charge on any atom is -0.467 e. The van der Waals surface area contributed by atoms with E-state index >= 15 is 0 Å². The van der Waals surface area contributed by atoms with Gasteiger partial charge in [0.1, 0.15) is 29.6 Å². The predicted molar refractivity (Wildman–Crippen MR) is 171 cm³/mol. The first kappa shape index (κ1) is 36.7. The van der Waals surface area contributed by atoms with Gasteiger partial charge in [-0.15, -0.1) is 0 Å². The molecule has 1 amide bonds. The molecule has 3 N–H and O–H groups in total. The van der Waals surface area contributed by atoms with Gasteiger partial charge in [-0.3, -0.25) is 13.5 Å². The van der Waals surface area contributed by atoms with E-state index in [2.05, 4.69) is 50.6 Å². The Morgan fingerprint density at radius 2 is 1.85 bits per heavy atom. The second kappa shape index (κ2) is 15.8. The van der Waals surface area contributed by atoms with E-state index in [1.807, 2.05) is 4.72 Å². The van der Waals surface area contributed by atoms with Gasteiger partial charge < -0.3 is 34.3 Å². The third-order valence-corrected chi connectivity index (χ3v) is 8.26. The normalized spacial score (nSPS) is 21.3. The first-order valence-corrected chi connectivity index (χ1v) is 16.5. The molecule has 2 aliphatic heterocycles. The summed E-state index contributed by atoms with van der Waals surface area (Å²) in [6.45, 7) is 12.8. The zero-order chi connectivity index (χ0) is 35.1. The average molecular weight is 693 g/mol. The van der Waals surface area contributed by atoms with Gasteiger partial charge in [-0.25, -0.2) is 19.7 Å². The Morgan fingerprint density at radius 3 is 2.50 bits per heavy atom. The van der Waals surface area contributed by atoms with Crippen LogP contribution in [0.15, 0.2) is 35.7 Å². The lowest BCUT2D eigenvalue weighted by molar-refractivity contribution is -0.198. The summed E-state index contributed by atoms with van der Waals surface area (Å²) in [6, 6.07) is 6.03. The van der Waals surface area contributed by atoms with Gasteiger partial charge >= 0.3 is 10.3 Å². The van der Waals surface area contributed by atoms with Crippen molar-refractivity contribution in [2.45, 2.75) is 64.9 Å². The fraction of sp³-hybridized carbons (Fsp3) is 0.571. The van der Waals surface area contributed by atoms with Crippen molar-refractivity contribution < 1.29 is 41.1 Å². The number of ether oxygens (including phenoxy) is 5. The molecule has 48 heavy (non-hydrogen) atoms. The lowest BCUT2D eigenvalue weighted by Crippen LogP contribution is -2.37. The molecule has 0 radical (unpaired) electrons. The van der Waals surface area contributed by atoms with Gasteiger partial charge in [-0.05, 0) is 56.3 Å². The van der Waals surface area contributed by atoms with E-state index in [4.69, 9.17) is 39.1 Å². The number of para-hydroxylation sites is 1. The highest BCUT2D eigenvalue weighted by Gasteiger charge is 2.56. The number of fused-ring (bicyclic) bond motifs is 2. The Kier molecular flexibility index (Phi) is 12.1. The number of anilines is 1. The van der Waals surface area contributed by atoms with E-state index in [1.54, 1.807) is 26.0 Å². The maximum atomic E-state index is 12.7. The highest BCUT2D eigenvalue weighted by molar-refractivity contribution is 7.85. The third kappa shape index (κ3) is 8.65. The van der Waals surface area contributed by atoms with Crippen LogP contribution in [0, 0.1) is 0 Å². The van der Waals surface area contributed by atoms with E-state index in [9.17, 15) is 13.2 Å². The van der Waals surface area contributed by atoms with E-state index in [0.29, 0.717) is 0 Å². The Morgan fingerprint density at radius 1 is 1.17 bits per heavy atom. The van der Waals surface area contributed by atoms with Crippen LogP contribution >= 0.6 is 0 Å². The summed E-state index contributed by atoms with van der Waals surface area (Å²) in [5.74, 6) is -2.15. The molecule has 2 aliphatic rings. The number of azide groups is 1. The van der Waals surface area contributed by atoms with Gasteiger partial charge in [0.05, 0.1) is 18.5 Å². The number of hydrogen-bond donors (Lipinski definition) is 2. The van der Waals surface area contributed by atoms with Crippen molar-refractivity contribution in [2.24, 2.45) is 5.11 Å². The number of amides is 1. The zero-order valence-corrected chi connectivity index (χ0v) is 28.3. The number of carbonyl (C=O) groups excluding carboxylic acids is 1. The second-order valence-electron chi connectivity index (χ2n) is 10.9.